The van der Waals surface area contributed by atoms with Crippen LogP contribution in [0.3, 0.4) is 0 Å². The van der Waals surface area contributed by atoms with E-state index in [-0.39, 0.29) is 18.5 Å². The van der Waals surface area contributed by atoms with Gasteiger partial charge < -0.3 is 13.7 Å². The van der Waals surface area contributed by atoms with Crippen LogP contribution in [-0.4, -0.2) is 50.1 Å². The Balaban J connectivity index is 2.46. The Morgan fingerprint density at radius 2 is 1.79 bits per heavy atom. The van der Waals surface area contributed by atoms with E-state index in [0.717, 1.165) is 24.1 Å². The molecule has 162 valence electrons. The summed E-state index contributed by atoms with van der Waals surface area (Å²) in [6.07, 6.45) is -0.568. The second-order valence-electron chi connectivity index (χ2n) is 7.19. The number of carbonyl (C=O) groups is 2. The van der Waals surface area contributed by atoms with Gasteiger partial charge in [0.2, 0.25) is 0 Å². The fourth-order valence-corrected chi connectivity index (χ4v) is 3.15. The maximum Gasteiger partial charge on any atom is 0.534 e. The molecule has 0 radical (unpaired) electrons. The number of hydrogen-bond acceptors (Lipinski definition) is 7. The van der Waals surface area contributed by atoms with Crippen molar-refractivity contribution in [2.45, 2.75) is 44.3 Å². The maximum absolute atomic E-state index is 12.6. The van der Waals surface area contributed by atoms with Gasteiger partial charge in [0.25, 0.3) is 0 Å². The zero-order valence-electron chi connectivity index (χ0n) is 16.1. The highest BCUT2D eigenvalue weighted by Gasteiger charge is 2.49. The minimum atomic E-state index is -5.90. The lowest BCUT2D eigenvalue weighted by atomic mass is 9.92. The van der Waals surface area contributed by atoms with Crippen LogP contribution in [0, 0.1) is 0 Å². The summed E-state index contributed by atoms with van der Waals surface area (Å²) in [4.78, 5) is 25.9. The molecule has 0 aliphatic carbocycles. The van der Waals surface area contributed by atoms with Gasteiger partial charge in [0.05, 0.1) is 7.11 Å². The zero-order valence-corrected chi connectivity index (χ0v) is 16.9. The van der Waals surface area contributed by atoms with Crippen LogP contribution in [0.2, 0.25) is 0 Å². The Morgan fingerprint density at radius 1 is 1.17 bits per heavy atom. The van der Waals surface area contributed by atoms with Crippen molar-refractivity contribution in [3.63, 3.8) is 0 Å². The van der Waals surface area contributed by atoms with Crippen LogP contribution >= 0.6 is 0 Å². The van der Waals surface area contributed by atoms with Crippen molar-refractivity contribution in [2.24, 2.45) is 0 Å². The first-order valence-corrected chi connectivity index (χ1v) is 9.78. The summed E-state index contributed by atoms with van der Waals surface area (Å²) in [5, 5.41) is 0. The number of ether oxygens (including phenoxy) is 2. The molecule has 0 saturated carbocycles. The summed E-state index contributed by atoms with van der Waals surface area (Å²) < 4.78 is 74.4. The predicted molar refractivity (Wildman–Crippen MR) is 93.4 cm³/mol. The van der Waals surface area contributed by atoms with Gasteiger partial charge in [-0.05, 0) is 50.5 Å². The molecule has 8 nitrogen and oxygen atoms in total. The Morgan fingerprint density at radius 3 is 2.31 bits per heavy atom. The minimum Gasteiger partial charge on any atom is -0.467 e. The molecule has 29 heavy (non-hydrogen) atoms. The van der Waals surface area contributed by atoms with Gasteiger partial charge in [0.15, 0.2) is 6.04 Å². The van der Waals surface area contributed by atoms with Gasteiger partial charge in [-0.3, -0.25) is 4.90 Å². The molecule has 1 atom stereocenters. The molecule has 2 rings (SSSR count). The molecule has 1 aromatic carbocycles. The summed E-state index contributed by atoms with van der Waals surface area (Å²) in [7, 11) is -4.81. The average Bonchev–Trinajstić information content (AvgIpc) is 2.57. The molecule has 0 bridgehead atoms. The number of carbonyl (C=O) groups excluding carboxylic acids is 2. The molecular formula is C17H20F3NO7S. The SMILES string of the molecule is COC(=O)C1c2cc(OS(=O)(=O)C(F)(F)F)ccc2CCN1C(=O)OC(C)(C)C. The van der Waals surface area contributed by atoms with Crippen molar-refractivity contribution < 1.29 is 44.8 Å². The highest BCUT2D eigenvalue weighted by atomic mass is 32.2. The number of nitrogens with zero attached hydrogens (tertiary/aromatic N) is 1. The molecule has 12 heteroatoms. The minimum absolute atomic E-state index is 0.0860. The van der Waals surface area contributed by atoms with E-state index in [1.807, 2.05) is 0 Å². The van der Waals surface area contributed by atoms with E-state index in [1.54, 1.807) is 20.8 Å². The van der Waals surface area contributed by atoms with Gasteiger partial charge in [-0.1, -0.05) is 6.07 Å². The molecule has 0 aromatic heterocycles. The second kappa shape index (κ2) is 7.73. The molecule has 0 fully saturated rings. The third-order valence-electron chi connectivity index (χ3n) is 3.89. The molecule has 1 aliphatic heterocycles. The largest absolute Gasteiger partial charge is 0.534 e. The predicted octanol–water partition coefficient (Wildman–Crippen LogP) is 2.92. The summed E-state index contributed by atoms with van der Waals surface area (Å²) in [5.74, 6) is -1.52. The molecular weight excluding hydrogens is 419 g/mol. The van der Waals surface area contributed by atoms with Gasteiger partial charge in [-0.15, -0.1) is 0 Å². The van der Waals surface area contributed by atoms with E-state index in [0.29, 0.717) is 5.56 Å². The van der Waals surface area contributed by atoms with Crippen molar-refractivity contribution in [1.29, 1.82) is 0 Å². The van der Waals surface area contributed by atoms with Crippen molar-refractivity contribution in [2.75, 3.05) is 13.7 Å². The Labute approximate surface area is 165 Å². The van der Waals surface area contributed by atoms with E-state index in [4.69, 9.17) is 9.47 Å². The topological polar surface area (TPSA) is 99.2 Å². The molecule has 0 N–H and O–H groups in total. The highest BCUT2D eigenvalue weighted by molar-refractivity contribution is 7.88. The van der Waals surface area contributed by atoms with Crippen LogP contribution in [0.5, 0.6) is 5.75 Å². The Hall–Kier alpha value is -2.50. The van der Waals surface area contributed by atoms with Crippen LogP contribution in [0.25, 0.3) is 0 Å². The van der Waals surface area contributed by atoms with Gasteiger partial charge in [0.1, 0.15) is 11.4 Å². The third-order valence-corrected chi connectivity index (χ3v) is 4.87. The van der Waals surface area contributed by atoms with Crippen LogP contribution in [0.4, 0.5) is 18.0 Å². The summed E-state index contributed by atoms with van der Waals surface area (Å²) in [6.45, 7) is 4.97. The lowest BCUT2D eigenvalue weighted by molar-refractivity contribution is -0.147. The fourth-order valence-electron chi connectivity index (χ4n) is 2.70. The number of amides is 1. The molecule has 1 heterocycles. The smallest absolute Gasteiger partial charge is 0.467 e. The molecule has 1 unspecified atom stereocenters. The van der Waals surface area contributed by atoms with Gasteiger partial charge >= 0.3 is 27.7 Å². The number of alkyl halides is 3. The summed E-state index contributed by atoms with van der Waals surface area (Å²) in [6, 6.07) is 2.01. The molecule has 0 saturated heterocycles. The number of fused-ring (bicyclic) bond motifs is 1. The van der Waals surface area contributed by atoms with Gasteiger partial charge in [-0.25, -0.2) is 9.59 Å². The normalized spacial score (nSPS) is 17.3. The highest BCUT2D eigenvalue weighted by Crippen LogP contribution is 2.36. The number of hydrogen-bond donors (Lipinski definition) is 0. The van der Waals surface area contributed by atoms with Crippen LogP contribution in [-0.2, 0) is 30.8 Å². The summed E-state index contributed by atoms with van der Waals surface area (Å²) in [5.41, 5.74) is -5.86. The van der Waals surface area contributed by atoms with Crippen LogP contribution in [0.1, 0.15) is 37.9 Å². The van der Waals surface area contributed by atoms with Crippen molar-refractivity contribution in [3.8, 4) is 5.75 Å². The standard InChI is InChI=1S/C17H20F3NO7S/c1-16(2,3)27-15(23)21-8-7-10-5-6-11(28-29(24,25)17(18,19)20)9-12(10)13(21)14(22)26-4/h5-6,9,13H,7-8H2,1-4H3. The maximum atomic E-state index is 12.6. The van der Waals surface area contributed by atoms with Crippen molar-refractivity contribution in [3.05, 3.63) is 29.3 Å². The van der Waals surface area contributed by atoms with E-state index in [1.165, 1.54) is 6.07 Å². The number of methoxy groups -OCH3 is 1. The quantitative estimate of drug-likeness (QED) is 0.406. The number of halogens is 3. The number of esters is 1. The van der Waals surface area contributed by atoms with Crippen LogP contribution < -0.4 is 4.18 Å². The van der Waals surface area contributed by atoms with Crippen molar-refractivity contribution >= 4 is 22.2 Å². The van der Waals surface area contributed by atoms with Crippen LogP contribution in [0.15, 0.2) is 18.2 Å². The monoisotopic (exact) mass is 439 g/mol. The Kier molecular flexibility index (Phi) is 6.07. The number of rotatable bonds is 3. The number of benzene rings is 1. The fraction of sp³-hybridized carbons (Fsp3) is 0.529. The first-order chi connectivity index (χ1) is 13.2. The van der Waals surface area contributed by atoms with E-state index >= 15 is 0 Å². The summed E-state index contributed by atoms with van der Waals surface area (Å²) >= 11 is 0. The molecule has 1 aliphatic rings. The van der Waals surface area contributed by atoms with Crippen molar-refractivity contribution in [1.82, 2.24) is 4.90 Å². The second-order valence-corrected chi connectivity index (χ2v) is 8.73. The zero-order chi connectivity index (χ0) is 22.2. The van der Waals surface area contributed by atoms with Gasteiger partial charge in [0, 0.05) is 6.54 Å². The average molecular weight is 439 g/mol. The van der Waals surface area contributed by atoms with Gasteiger partial charge in [-0.2, -0.15) is 21.6 Å². The van der Waals surface area contributed by atoms with E-state index in [9.17, 15) is 31.2 Å². The lowest BCUT2D eigenvalue weighted by Gasteiger charge is -2.36. The third kappa shape index (κ3) is 5.11. The molecule has 1 amide bonds. The first kappa shape index (κ1) is 22.8. The molecule has 1 aromatic rings. The molecule has 0 spiro atoms. The van der Waals surface area contributed by atoms with E-state index < -0.39 is 45.1 Å². The first-order valence-electron chi connectivity index (χ1n) is 8.37. The Bertz CT molecular complexity index is 907. The van der Waals surface area contributed by atoms with E-state index in [2.05, 4.69) is 4.18 Å². The lowest BCUT2D eigenvalue weighted by Crippen LogP contribution is -2.46.